The number of H-pyrrole nitrogens is 1. The van der Waals surface area contributed by atoms with Crippen LogP contribution in [0.3, 0.4) is 0 Å². The average molecular weight is 348 g/mol. The molecule has 1 amide bonds. The minimum atomic E-state index is -0.485. The molecule has 0 atom stereocenters. The van der Waals surface area contributed by atoms with E-state index in [4.69, 9.17) is 0 Å². The average Bonchev–Trinajstić information content (AvgIpc) is 2.64. The number of hydrogen-bond acceptors (Lipinski definition) is 3. The molecule has 3 aromatic rings. The van der Waals surface area contributed by atoms with Gasteiger partial charge in [-0.05, 0) is 42.7 Å². The van der Waals surface area contributed by atoms with E-state index in [2.05, 4.69) is 10.3 Å². The number of amides is 1. The van der Waals surface area contributed by atoms with Gasteiger partial charge in [0, 0.05) is 16.9 Å². The van der Waals surface area contributed by atoms with Gasteiger partial charge < -0.3 is 15.4 Å². The topological polar surface area (TPSA) is 82.2 Å². The van der Waals surface area contributed by atoms with E-state index < -0.39 is 11.5 Å². The van der Waals surface area contributed by atoms with Gasteiger partial charge in [0.1, 0.15) is 5.56 Å². The van der Waals surface area contributed by atoms with Crippen LogP contribution in [-0.2, 0) is 6.61 Å². The summed E-state index contributed by atoms with van der Waals surface area (Å²) in [5.74, 6) is -0.485. The van der Waals surface area contributed by atoms with Gasteiger partial charge in [-0.15, -0.1) is 0 Å². The fourth-order valence-corrected chi connectivity index (χ4v) is 2.80. The molecule has 0 aliphatic heterocycles. The summed E-state index contributed by atoms with van der Waals surface area (Å²) in [7, 11) is 0. The molecule has 3 N–H and O–H groups in total. The summed E-state index contributed by atoms with van der Waals surface area (Å²) in [6.45, 7) is 3.54. The Labute approximate surface area is 151 Å². The molecule has 0 spiro atoms. The first kappa shape index (κ1) is 17.6. The number of aliphatic hydroxyl groups is 1. The van der Waals surface area contributed by atoms with E-state index in [0.29, 0.717) is 16.9 Å². The maximum atomic E-state index is 12.7. The number of hydrogen-bond donors (Lipinski definition) is 3. The number of aliphatic hydroxyl groups excluding tert-OH is 1. The van der Waals surface area contributed by atoms with Crippen molar-refractivity contribution < 1.29 is 9.90 Å². The lowest BCUT2D eigenvalue weighted by Crippen LogP contribution is -2.24. The zero-order valence-electron chi connectivity index (χ0n) is 14.7. The van der Waals surface area contributed by atoms with E-state index in [1.165, 1.54) is 0 Å². The number of aryl methyl sites for hydroxylation is 2. The largest absolute Gasteiger partial charge is 0.392 e. The van der Waals surface area contributed by atoms with Crippen molar-refractivity contribution >= 4 is 11.6 Å². The number of anilines is 1. The number of aromatic nitrogens is 1. The van der Waals surface area contributed by atoms with Crippen molar-refractivity contribution in [3.8, 4) is 11.1 Å². The van der Waals surface area contributed by atoms with E-state index in [1.807, 2.05) is 43.3 Å². The van der Waals surface area contributed by atoms with E-state index in [-0.39, 0.29) is 12.2 Å². The van der Waals surface area contributed by atoms with Gasteiger partial charge >= 0.3 is 0 Å². The van der Waals surface area contributed by atoms with Gasteiger partial charge in [0.2, 0.25) is 0 Å². The minimum Gasteiger partial charge on any atom is -0.392 e. The molecule has 0 saturated heterocycles. The highest BCUT2D eigenvalue weighted by Gasteiger charge is 2.15. The Bertz CT molecular complexity index is 1010. The van der Waals surface area contributed by atoms with E-state index in [0.717, 1.165) is 16.7 Å². The summed E-state index contributed by atoms with van der Waals surface area (Å²) in [5.41, 5.74) is 4.15. The smallest absolute Gasteiger partial charge is 0.261 e. The summed E-state index contributed by atoms with van der Waals surface area (Å²) < 4.78 is 0. The highest BCUT2D eigenvalue weighted by Crippen LogP contribution is 2.22. The number of benzene rings is 2. The van der Waals surface area contributed by atoms with Crippen LogP contribution in [-0.4, -0.2) is 16.0 Å². The molecule has 3 rings (SSSR count). The van der Waals surface area contributed by atoms with Crippen molar-refractivity contribution in [2.24, 2.45) is 0 Å². The molecule has 1 heterocycles. The number of pyridine rings is 1. The number of rotatable bonds is 4. The first-order valence-corrected chi connectivity index (χ1v) is 8.30. The second kappa shape index (κ2) is 7.37. The van der Waals surface area contributed by atoms with Crippen LogP contribution in [0, 0.1) is 13.8 Å². The Kier molecular flexibility index (Phi) is 5.00. The Morgan fingerprint density at radius 1 is 1.08 bits per heavy atom. The number of aromatic amines is 1. The van der Waals surface area contributed by atoms with Crippen molar-refractivity contribution in [3.05, 3.63) is 87.3 Å². The monoisotopic (exact) mass is 348 g/mol. The molecule has 5 nitrogen and oxygen atoms in total. The van der Waals surface area contributed by atoms with Crippen LogP contribution in [0.5, 0.6) is 0 Å². The van der Waals surface area contributed by atoms with Crippen molar-refractivity contribution in [2.45, 2.75) is 20.5 Å². The third kappa shape index (κ3) is 3.58. The van der Waals surface area contributed by atoms with Crippen LogP contribution in [0.4, 0.5) is 5.69 Å². The minimum absolute atomic E-state index is 0.0447. The first-order chi connectivity index (χ1) is 12.5. The van der Waals surface area contributed by atoms with Gasteiger partial charge in [-0.25, -0.2) is 0 Å². The van der Waals surface area contributed by atoms with Crippen LogP contribution in [0.25, 0.3) is 11.1 Å². The predicted molar refractivity (Wildman–Crippen MR) is 102 cm³/mol. The Morgan fingerprint density at radius 3 is 2.50 bits per heavy atom. The highest BCUT2D eigenvalue weighted by molar-refractivity contribution is 6.05. The van der Waals surface area contributed by atoms with Gasteiger partial charge in [0.05, 0.1) is 6.61 Å². The Balaban J connectivity index is 1.99. The molecule has 0 aliphatic carbocycles. The summed E-state index contributed by atoms with van der Waals surface area (Å²) in [6, 6.07) is 16.5. The summed E-state index contributed by atoms with van der Waals surface area (Å²) in [5, 5.41) is 12.0. The van der Waals surface area contributed by atoms with E-state index in [1.54, 1.807) is 25.1 Å². The van der Waals surface area contributed by atoms with Crippen LogP contribution in [0.2, 0.25) is 0 Å². The molecule has 132 valence electrons. The van der Waals surface area contributed by atoms with Crippen molar-refractivity contribution in [1.29, 1.82) is 0 Å². The lowest BCUT2D eigenvalue weighted by molar-refractivity contribution is 0.102. The Hall–Kier alpha value is -3.18. The summed E-state index contributed by atoms with van der Waals surface area (Å²) >= 11 is 0. The first-order valence-electron chi connectivity index (χ1n) is 8.30. The molecule has 0 bridgehead atoms. The maximum Gasteiger partial charge on any atom is 0.261 e. The van der Waals surface area contributed by atoms with Crippen LogP contribution in [0.1, 0.15) is 27.2 Å². The van der Waals surface area contributed by atoms with Gasteiger partial charge in [0.15, 0.2) is 0 Å². The Morgan fingerprint density at radius 2 is 1.81 bits per heavy atom. The quantitative estimate of drug-likeness (QED) is 0.676. The van der Waals surface area contributed by atoms with Gasteiger partial charge in [-0.3, -0.25) is 9.59 Å². The molecule has 0 saturated carbocycles. The highest BCUT2D eigenvalue weighted by atomic mass is 16.3. The number of carbonyl (C=O) groups excluding carboxylic acids is 1. The normalized spacial score (nSPS) is 10.6. The molecule has 0 radical (unpaired) electrons. The molecule has 26 heavy (non-hydrogen) atoms. The van der Waals surface area contributed by atoms with Crippen LogP contribution < -0.4 is 10.9 Å². The van der Waals surface area contributed by atoms with Crippen LogP contribution >= 0.6 is 0 Å². The van der Waals surface area contributed by atoms with E-state index >= 15 is 0 Å². The van der Waals surface area contributed by atoms with Crippen molar-refractivity contribution in [3.63, 3.8) is 0 Å². The van der Waals surface area contributed by atoms with Crippen LogP contribution in [0.15, 0.2) is 59.4 Å². The second-order valence-corrected chi connectivity index (χ2v) is 6.18. The predicted octanol–water partition coefficient (Wildman–Crippen LogP) is 3.40. The third-order valence-electron chi connectivity index (χ3n) is 4.30. The molecule has 1 aromatic heterocycles. The molecular weight excluding hydrogens is 328 g/mol. The van der Waals surface area contributed by atoms with E-state index in [9.17, 15) is 14.7 Å². The standard InChI is InChI=1S/C21H20N2O3/c1-13-8-9-15(12-24)10-19(13)23-21(26)18-11-17(14(2)22-20(18)25)16-6-4-3-5-7-16/h3-11,24H,12H2,1-2H3,(H,22,25)(H,23,26). The maximum absolute atomic E-state index is 12.7. The molecule has 0 aliphatic rings. The zero-order valence-corrected chi connectivity index (χ0v) is 14.7. The number of carbonyl (C=O) groups is 1. The molecule has 0 unspecified atom stereocenters. The van der Waals surface area contributed by atoms with Gasteiger partial charge in [-0.1, -0.05) is 42.5 Å². The third-order valence-corrected chi connectivity index (χ3v) is 4.30. The SMILES string of the molecule is Cc1ccc(CO)cc1NC(=O)c1cc(-c2ccccc2)c(C)[nH]c1=O. The second-order valence-electron chi connectivity index (χ2n) is 6.18. The lowest BCUT2D eigenvalue weighted by atomic mass is 10.0. The number of nitrogens with one attached hydrogen (secondary N) is 2. The molecule has 0 fully saturated rings. The fraction of sp³-hybridized carbons (Fsp3) is 0.143. The van der Waals surface area contributed by atoms with Gasteiger partial charge in [0.25, 0.3) is 11.5 Å². The lowest BCUT2D eigenvalue weighted by Gasteiger charge is -2.12. The summed E-state index contributed by atoms with van der Waals surface area (Å²) in [6.07, 6.45) is 0. The molecular formula is C21H20N2O3. The molecule has 2 aromatic carbocycles. The summed E-state index contributed by atoms with van der Waals surface area (Å²) in [4.78, 5) is 27.7. The molecule has 5 heteroatoms. The van der Waals surface area contributed by atoms with Crippen molar-refractivity contribution in [1.82, 2.24) is 4.98 Å². The zero-order chi connectivity index (χ0) is 18.7. The van der Waals surface area contributed by atoms with Gasteiger partial charge in [-0.2, -0.15) is 0 Å². The fourth-order valence-electron chi connectivity index (χ4n) is 2.80. The van der Waals surface area contributed by atoms with Crippen molar-refractivity contribution in [2.75, 3.05) is 5.32 Å².